The van der Waals surface area contributed by atoms with Gasteiger partial charge >= 0.3 is 5.97 Å². The molecular formula is C22H22N4O6. The standard InChI is InChI=1S/C22H22N4O6/c1-14-6-5-9-16(10-14)21(30)25-26-12-17(11-19(26)28)22(31)32-13-18(27)23-24-20(29)15-7-3-2-4-8-15/h2-10,17H,11-13H2,1H3,(H,23,27)(H,24,29)(H,25,30)/t17-/m0/s1. The Morgan fingerprint density at radius 3 is 2.41 bits per heavy atom. The van der Waals surface area contributed by atoms with Crippen LogP contribution in [0.4, 0.5) is 0 Å². The quantitative estimate of drug-likeness (QED) is 0.444. The molecule has 166 valence electrons. The number of amides is 4. The zero-order valence-corrected chi connectivity index (χ0v) is 17.3. The van der Waals surface area contributed by atoms with Crippen molar-refractivity contribution in [2.24, 2.45) is 5.92 Å². The Kier molecular flexibility index (Phi) is 7.17. The average Bonchev–Trinajstić information content (AvgIpc) is 3.16. The molecule has 1 fully saturated rings. The number of ether oxygens (including phenoxy) is 1. The van der Waals surface area contributed by atoms with E-state index >= 15 is 0 Å². The van der Waals surface area contributed by atoms with E-state index in [0.717, 1.165) is 10.6 Å². The minimum absolute atomic E-state index is 0.0679. The largest absolute Gasteiger partial charge is 0.455 e. The lowest BCUT2D eigenvalue weighted by Gasteiger charge is -2.17. The summed E-state index contributed by atoms with van der Waals surface area (Å²) in [6.45, 7) is 1.14. The zero-order chi connectivity index (χ0) is 23.1. The van der Waals surface area contributed by atoms with Crippen molar-refractivity contribution < 1.29 is 28.7 Å². The van der Waals surface area contributed by atoms with Gasteiger partial charge < -0.3 is 4.74 Å². The van der Waals surface area contributed by atoms with E-state index in [9.17, 15) is 24.0 Å². The van der Waals surface area contributed by atoms with Gasteiger partial charge in [-0.05, 0) is 31.2 Å². The molecule has 2 aromatic carbocycles. The number of hydrogen-bond donors (Lipinski definition) is 3. The van der Waals surface area contributed by atoms with Crippen LogP contribution < -0.4 is 16.3 Å². The molecule has 1 aliphatic rings. The summed E-state index contributed by atoms with van der Waals surface area (Å²) in [5, 5.41) is 1.07. The lowest BCUT2D eigenvalue weighted by atomic mass is 10.1. The van der Waals surface area contributed by atoms with Gasteiger partial charge in [0, 0.05) is 17.5 Å². The van der Waals surface area contributed by atoms with Crippen LogP contribution in [0, 0.1) is 12.8 Å². The van der Waals surface area contributed by atoms with Gasteiger partial charge in [0.2, 0.25) is 5.91 Å². The van der Waals surface area contributed by atoms with E-state index < -0.39 is 42.1 Å². The average molecular weight is 438 g/mol. The minimum atomic E-state index is -0.827. The van der Waals surface area contributed by atoms with Crippen molar-refractivity contribution in [1.82, 2.24) is 21.3 Å². The maximum atomic E-state index is 12.3. The van der Waals surface area contributed by atoms with Gasteiger partial charge in [0.05, 0.1) is 12.5 Å². The first-order chi connectivity index (χ1) is 15.3. The molecule has 1 atom stereocenters. The molecule has 32 heavy (non-hydrogen) atoms. The summed E-state index contributed by atoms with van der Waals surface area (Å²) in [5.41, 5.74) is 8.46. The monoisotopic (exact) mass is 438 g/mol. The van der Waals surface area contributed by atoms with Gasteiger partial charge in [-0.25, -0.2) is 0 Å². The van der Waals surface area contributed by atoms with Crippen molar-refractivity contribution in [3.63, 3.8) is 0 Å². The SMILES string of the molecule is Cc1cccc(C(=O)NN2C[C@@H](C(=O)OCC(=O)NNC(=O)c3ccccc3)CC2=O)c1. The fourth-order valence-corrected chi connectivity index (χ4v) is 3.03. The molecule has 0 unspecified atom stereocenters. The van der Waals surface area contributed by atoms with E-state index in [1.807, 2.05) is 13.0 Å². The third-order valence-electron chi connectivity index (χ3n) is 4.67. The third-order valence-corrected chi connectivity index (χ3v) is 4.67. The van der Waals surface area contributed by atoms with Crippen LogP contribution in [-0.4, -0.2) is 47.8 Å². The van der Waals surface area contributed by atoms with E-state index in [4.69, 9.17) is 4.74 Å². The summed E-state index contributed by atoms with van der Waals surface area (Å²) in [4.78, 5) is 60.4. The van der Waals surface area contributed by atoms with Gasteiger partial charge in [0.25, 0.3) is 17.7 Å². The van der Waals surface area contributed by atoms with Crippen LogP contribution in [0.15, 0.2) is 54.6 Å². The van der Waals surface area contributed by atoms with Crippen LogP contribution in [0.1, 0.15) is 32.7 Å². The molecular weight excluding hydrogens is 416 g/mol. The molecule has 0 bridgehead atoms. The highest BCUT2D eigenvalue weighted by Gasteiger charge is 2.36. The van der Waals surface area contributed by atoms with Crippen molar-refractivity contribution in [2.75, 3.05) is 13.2 Å². The van der Waals surface area contributed by atoms with E-state index in [1.165, 1.54) is 0 Å². The predicted molar refractivity (Wildman–Crippen MR) is 111 cm³/mol. The van der Waals surface area contributed by atoms with Gasteiger partial charge in [-0.1, -0.05) is 35.9 Å². The molecule has 4 amide bonds. The molecule has 0 spiro atoms. The Balaban J connectivity index is 1.42. The number of hydrogen-bond acceptors (Lipinski definition) is 6. The first kappa shape index (κ1) is 22.5. The fourth-order valence-electron chi connectivity index (χ4n) is 3.03. The fraction of sp³-hybridized carbons (Fsp3) is 0.227. The van der Waals surface area contributed by atoms with Crippen molar-refractivity contribution in [3.8, 4) is 0 Å². The normalized spacial score (nSPS) is 15.1. The first-order valence-corrected chi connectivity index (χ1v) is 9.82. The number of nitrogens with one attached hydrogen (secondary N) is 3. The molecule has 1 aliphatic heterocycles. The summed E-state index contributed by atoms with van der Waals surface area (Å²) in [7, 11) is 0. The van der Waals surface area contributed by atoms with Crippen LogP contribution in [0.2, 0.25) is 0 Å². The predicted octanol–water partition coefficient (Wildman–Crippen LogP) is 0.493. The Morgan fingerprint density at radius 2 is 1.69 bits per heavy atom. The van der Waals surface area contributed by atoms with Gasteiger partial charge in [-0.2, -0.15) is 0 Å². The topological polar surface area (TPSA) is 134 Å². The maximum absolute atomic E-state index is 12.3. The van der Waals surface area contributed by atoms with Crippen LogP contribution in [0.5, 0.6) is 0 Å². The second-order valence-electron chi connectivity index (χ2n) is 7.19. The van der Waals surface area contributed by atoms with Gasteiger partial charge in [0.1, 0.15) is 0 Å². The van der Waals surface area contributed by atoms with E-state index in [1.54, 1.807) is 48.5 Å². The Bertz CT molecular complexity index is 1040. The molecule has 3 rings (SSSR count). The maximum Gasteiger partial charge on any atom is 0.311 e. The minimum Gasteiger partial charge on any atom is -0.455 e. The Hall–Kier alpha value is -4.21. The van der Waals surface area contributed by atoms with Crippen molar-refractivity contribution in [1.29, 1.82) is 0 Å². The molecule has 0 aliphatic carbocycles. The number of carbonyl (C=O) groups is 5. The van der Waals surface area contributed by atoms with Crippen LogP contribution in [0.25, 0.3) is 0 Å². The number of benzene rings is 2. The third kappa shape index (κ3) is 5.91. The van der Waals surface area contributed by atoms with Crippen LogP contribution in [-0.2, 0) is 19.1 Å². The highest BCUT2D eigenvalue weighted by atomic mass is 16.5. The second-order valence-corrected chi connectivity index (χ2v) is 7.19. The van der Waals surface area contributed by atoms with E-state index in [-0.39, 0.29) is 13.0 Å². The van der Waals surface area contributed by atoms with E-state index in [0.29, 0.717) is 11.1 Å². The van der Waals surface area contributed by atoms with Crippen LogP contribution in [0.3, 0.4) is 0 Å². The number of aryl methyl sites for hydroxylation is 1. The number of carbonyl (C=O) groups excluding carboxylic acids is 5. The van der Waals surface area contributed by atoms with Gasteiger partial charge in [-0.3, -0.25) is 45.3 Å². The molecule has 10 nitrogen and oxygen atoms in total. The molecule has 2 aromatic rings. The van der Waals surface area contributed by atoms with Crippen LogP contribution >= 0.6 is 0 Å². The second kappa shape index (κ2) is 10.2. The Labute approximate surface area is 183 Å². The molecule has 10 heteroatoms. The lowest BCUT2D eigenvalue weighted by molar-refractivity contribution is -0.152. The Morgan fingerprint density at radius 1 is 0.969 bits per heavy atom. The highest BCUT2D eigenvalue weighted by Crippen LogP contribution is 2.18. The number of esters is 1. The molecule has 1 saturated heterocycles. The molecule has 0 saturated carbocycles. The summed E-state index contributed by atoms with van der Waals surface area (Å²) in [6, 6.07) is 15.1. The number of hydrazine groups is 2. The van der Waals surface area contributed by atoms with Gasteiger partial charge in [-0.15, -0.1) is 0 Å². The highest BCUT2D eigenvalue weighted by molar-refractivity contribution is 5.97. The zero-order valence-electron chi connectivity index (χ0n) is 17.3. The first-order valence-electron chi connectivity index (χ1n) is 9.82. The molecule has 0 aromatic heterocycles. The van der Waals surface area contributed by atoms with Crippen molar-refractivity contribution in [2.45, 2.75) is 13.3 Å². The molecule has 0 radical (unpaired) electrons. The molecule has 3 N–H and O–H groups in total. The smallest absolute Gasteiger partial charge is 0.311 e. The summed E-state index contributed by atoms with van der Waals surface area (Å²) in [6.07, 6.45) is -0.153. The molecule has 1 heterocycles. The van der Waals surface area contributed by atoms with Crippen molar-refractivity contribution >= 4 is 29.6 Å². The van der Waals surface area contributed by atoms with Crippen molar-refractivity contribution in [3.05, 3.63) is 71.3 Å². The number of rotatable bonds is 6. The summed E-state index contributed by atoms with van der Waals surface area (Å²) in [5.74, 6) is -3.75. The summed E-state index contributed by atoms with van der Waals surface area (Å²) < 4.78 is 4.93. The summed E-state index contributed by atoms with van der Waals surface area (Å²) >= 11 is 0. The number of nitrogens with zero attached hydrogens (tertiary/aromatic N) is 1. The lowest BCUT2D eigenvalue weighted by Crippen LogP contribution is -2.44. The van der Waals surface area contributed by atoms with Gasteiger partial charge in [0.15, 0.2) is 6.61 Å². The van der Waals surface area contributed by atoms with E-state index in [2.05, 4.69) is 16.3 Å².